The highest BCUT2D eigenvalue weighted by Crippen LogP contribution is 2.17. The van der Waals surface area contributed by atoms with Crippen molar-refractivity contribution >= 4 is 23.8 Å². The van der Waals surface area contributed by atoms with Gasteiger partial charge in [0.05, 0.1) is 0 Å². The molecule has 2 aromatic heterocycles. The summed E-state index contributed by atoms with van der Waals surface area (Å²) in [5, 5.41) is 4.91. The van der Waals surface area contributed by atoms with E-state index in [0.29, 0.717) is 15.6 Å². The van der Waals surface area contributed by atoms with Crippen molar-refractivity contribution in [1.82, 2.24) is 19.3 Å². The lowest BCUT2D eigenvalue weighted by atomic mass is 10.3. The summed E-state index contributed by atoms with van der Waals surface area (Å²) in [5.41, 5.74) is 0.719. The number of rotatable bonds is 1. The third-order valence-electron chi connectivity index (χ3n) is 2.08. The van der Waals surface area contributed by atoms with E-state index in [1.807, 2.05) is 7.05 Å². The first-order valence-corrected chi connectivity index (χ1v) is 5.10. The standard InChI is InChI=1S/C9H9ClN4S/c1-13-8(12-14(2)9(13)15)7-5-6(10)3-4-11-7/h3-5H,1-2H3. The number of hydrogen-bond acceptors (Lipinski definition) is 3. The van der Waals surface area contributed by atoms with Crippen molar-refractivity contribution < 1.29 is 0 Å². The summed E-state index contributed by atoms with van der Waals surface area (Å²) in [5.74, 6) is 0.713. The second-order valence-corrected chi connectivity index (χ2v) is 3.95. The monoisotopic (exact) mass is 240 g/mol. The van der Waals surface area contributed by atoms with Gasteiger partial charge in [0.25, 0.3) is 0 Å². The Morgan fingerprint density at radius 1 is 1.40 bits per heavy atom. The lowest BCUT2D eigenvalue weighted by Gasteiger charge is -1.98. The molecule has 78 valence electrons. The molecule has 0 spiro atoms. The largest absolute Gasteiger partial charge is 0.302 e. The molecule has 0 N–H and O–H groups in total. The van der Waals surface area contributed by atoms with E-state index in [1.165, 1.54) is 0 Å². The average molecular weight is 241 g/mol. The first-order valence-electron chi connectivity index (χ1n) is 4.31. The molecule has 0 aliphatic carbocycles. The topological polar surface area (TPSA) is 35.6 Å². The predicted octanol–water partition coefficient (Wildman–Crippen LogP) is 2.20. The highest BCUT2D eigenvalue weighted by Gasteiger charge is 2.09. The van der Waals surface area contributed by atoms with E-state index in [4.69, 9.17) is 23.8 Å². The van der Waals surface area contributed by atoms with E-state index in [9.17, 15) is 0 Å². The van der Waals surface area contributed by atoms with Gasteiger partial charge in [0, 0.05) is 25.3 Å². The zero-order valence-electron chi connectivity index (χ0n) is 8.31. The van der Waals surface area contributed by atoms with Gasteiger partial charge in [-0.05, 0) is 24.4 Å². The molecule has 4 nitrogen and oxygen atoms in total. The van der Waals surface area contributed by atoms with Crippen LogP contribution in [-0.4, -0.2) is 19.3 Å². The van der Waals surface area contributed by atoms with Crippen molar-refractivity contribution in [3.8, 4) is 11.5 Å². The Hall–Kier alpha value is -1.20. The summed E-state index contributed by atoms with van der Waals surface area (Å²) < 4.78 is 4.08. The Bertz CT molecular complexity index is 557. The third kappa shape index (κ3) is 1.80. The van der Waals surface area contributed by atoms with E-state index >= 15 is 0 Å². The summed E-state index contributed by atoms with van der Waals surface area (Å²) in [4.78, 5) is 4.20. The second kappa shape index (κ2) is 3.75. The Morgan fingerprint density at radius 3 is 2.67 bits per heavy atom. The van der Waals surface area contributed by atoms with Gasteiger partial charge in [-0.2, -0.15) is 5.10 Å². The quantitative estimate of drug-likeness (QED) is 0.717. The second-order valence-electron chi connectivity index (χ2n) is 3.15. The minimum absolute atomic E-state index is 0.636. The molecule has 0 amide bonds. The SMILES string of the molecule is Cn1nc(-c2cc(Cl)ccn2)n(C)c1=S. The highest BCUT2D eigenvalue weighted by molar-refractivity contribution is 7.71. The van der Waals surface area contributed by atoms with Crippen molar-refractivity contribution in [2.24, 2.45) is 14.1 Å². The maximum atomic E-state index is 5.88. The highest BCUT2D eigenvalue weighted by atomic mass is 35.5. The molecule has 0 radical (unpaired) electrons. The Labute approximate surface area is 97.1 Å². The molecule has 0 aromatic carbocycles. The Balaban J connectivity index is 2.64. The maximum absolute atomic E-state index is 5.88. The van der Waals surface area contributed by atoms with Gasteiger partial charge in [-0.3, -0.25) is 4.98 Å². The van der Waals surface area contributed by atoms with Crippen LogP contribution in [0.1, 0.15) is 0 Å². The van der Waals surface area contributed by atoms with Gasteiger partial charge in [-0.25, -0.2) is 4.68 Å². The van der Waals surface area contributed by atoms with Crippen LogP contribution in [0.4, 0.5) is 0 Å². The molecule has 15 heavy (non-hydrogen) atoms. The van der Waals surface area contributed by atoms with Crippen molar-refractivity contribution in [3.63, 3.8) is 0 Å². The average Bonchev–Trinajstić information content (AvgIpc) is 2.46. The molecule has 0 bridgehead atoms. The van der Waals surface area contributed by atoms with Crippen LogP contribution in [0.15, 0.2) is 18.3 Å². The molecule has 6 heteroatoms. The zero-order chi connectivity index (χ0) is 11.0. The summed E-state index contributed by atoms with van der Waals surface area (Å²) in [6.45, 7) is 0. The molecule has 0 unspecified atom stereocenters. The molecule has 2 rings (SSSR count). The minimum Gasteiger partial charge on any atom is -0.302 e. The molecule has 0 aliphatic rings. The van der Waals surface area contributed by atoms with Gasteiger partial charge in [0.1, 0.15) is 5.69 Å². The van der Waals surface area contributed by atoms with E-state index in [1.54, 1.807) is 34.6 Å². The molecular weight excluding hydrogens is 232 g/mol. The fraction of sp³-hybridized carbons (Fsp3) is 0.222. The molecule has 0 saturated heterocycles. The van der Waals surface area contributed by atoms with Gasteiger partial charge >= 0.3 is 0 Å². The molecule has 2 heterocycles. The fourth-order valence-corrected chi connectivity index (χ4v) is 1.60. The van der Waals surface area contributed by atoms with E-state index in [-0.39, 0.29) is 0 Å². The normalized spacial score (nSPS) is 10.6. The van der Waals surface area contributed by atoms with Crippen LogP contribution < -0.4 is 0 Å². The van der Waals surface area contributed by atoms with E-state index in [2.05, 4.69) is 10.1 Å². The van der Waals surface area contributed by atoms with Crippen molar-refractivity contribution in [3.05, 3.63) is 28.1 Å². The molecule has 0 saturated carbocycles. The third-order valence-corrected chi connectivity index (χ3v) is 2.85. The number of aromatic nitrogens is 4. The van der Waals surface area contributed by atoms with Gasteiger partial charge in [-0.15, -0.1) is 0 Å². The van der Waals surface area contributed by atoms with Crippen molar-refractivity contribution in [1.29, 1.82) is 0 Å². The van der Waals surface area contributed by atoms with Gasteiger partial charge in [-0.1, -0.05) is 11.6 Å². The van der Waals surface area contributed by atoms with Gasteiger partial charge in [0.15, 0.2) is 10.6 Å². The number of nitrogens with zero attached hydrogens (tertiary/aromatic N) is 4. The van der Waals surface area contributed by atoms with Crippen LogP contribution in [0.25, 0.3) is 11.5 Å². The smallest absolute Gasteiger partial charge is 0.197 e. The van der Waals surface area contributed by atoms with Crippen molar-refractivity contribution in [2.45, 2.75) is 0 Å². The summed E-state index contributed by atoms with van der Waals surface area (Å²) >= 11 is 11.0. The first kappa shape index (κ1) is 10.3. The Morgan fingerprint density at radius 2 is 2.13 bits per heavy atom. The molecule has 2 aromatic rings. The van der Waals surface area contributed by atoms with E-state index in [0.717, 1.165) is 5.69 Å². The molecule has 0 aliphatic heterocycles. The number of halogens is 1. The Kier molecular flexibility index (Phi) is 2.58. The lowest BCUT2D eigenvalue weighted by molar-refractivity contribution is 0.741. The van der Waals surface area contributed by atoms with Crippen LogP contribution in [0.3, 0.4) is 0 Å². The van der Waals surface area contributed by atoms with Crippen LogP contribution in [0, 0.1) is 4.77 Å². The fourth-order valence-electron chi connectivity index (χ4n) is 1.31. The summed E-state index contributed by atoms with van der Waals surface area (Å²) in [6, 6.07) is 3.49. The van der Waals surface area contributed by atoms with Crippen molar-refractivity contribution in [2.75, 3.05) is 0 Å². The van der Waals surface area contributed by atoms with Crippen LogP contribution in [-0.2, 0) is 14.1 Å². The molecular formula is C9H9ClN4S. The number of aryl methyl sites for hydroxylation is 1. The number of pyridine rings is 1. The van der Waals surface area contributed by atoms with Gasteiger partial charge < -0.3 is 4.57 Å². The summed E-state index contributed by atoms with van der Waals surface area (Å²) in [6.07, 6.45) is 1.65. The predicted molar refractivity (Wildman–Crippen MR) is 61.3 cm³/mol. The zero-order valence-corrected chi connectivity index (χ0v) is 9.88. The summed E-state index contributed by atoms with van der Waals surface area (Å²) in [7, 11) is 3.66. The van der Waals surface area contributed by atoms with Crippen LogP contribution in [0.2, 0.25) is 5.02 Å². The van der Waals surface area contributed by atoms with E-state index < -0.39 is 0 Å². The van der Waals surface area contributed by atoms with Gasteiger partial charge in [0.2, 0.25) is 0 Å². The molecule has 0 atom stereocenters. The first-order chi connectivity index (χ1) is 7.09. The lowest BCUT2D eigenvalue weighted by Crippen LogP contribution is -1.94. The van der Waals surface area contributed by atoms with Crippen LogP contribution >= 0.6 is 23.8 Å². The minimum atomic E-state index is 0.636. The van der Waals surface area contributed by atoms with Crippen LogP contribution in [0.5, 0.6) is 0 Å². The maximum Gasteiger partial charge on any atom is 0.197 e. The molecule has 0 fully saturated rings. The number of hydrogen-bond donors (Lipinski definition) is 0.